The van der Waals surface area contributed by atoms with E-state index < -0.39 is 29.9 Å². The normalized spacial score (nSPS) is 42.9. The first-order valence-electron chi connectivity index (χ1n) is 10.3. The predicted molar refractivity (Wildman–Crippen MR) is 102 cm³/mol. The average Bonchev–Trinajstić information content (AvgIpc) is 2.96. The van der Waals surface area contributed by atoms with E-state index in [0.29, 0.717) is 24.7 Å². The van der Waals surface area contributed by atoms with Gasteiger partial charge >= 0.3 is 12.1 Å². The first kappa shape index (κ1) is 20.1. The van der Waals surface area contributed by atoms with Gasteiger partial charge in [0.2, 0.25) is 5.60 Å². The standard InChI is InChI=1S/C22H28O7/c1-20-8-5-14(24)11-13(20)3-4-15-16(20)6-9-21(2)17(15)7-10-22(21,18(25)26)29-19(27)28-12-23/h5,8,11,15-17,23H,3-4,6-7,9-10,12H2,1-2H3,(H,25,26)/t15-,16+,17+,20+,21+,22+/m1/s1. The molecule has 3 saturated carbocycles. The minimum Gasteiger partial charge on any atom is -0.478 e. The highest BCUT2D eigenvalue weighted by atomic mass is 16.8. The van der Waals surface area contributed by atoms with E-state index in [1.165, 1.54) is 5.57 Å². The van der Waals surface area contributed by atoms with Gasteiger partial charge in [0.15, 0.2) is 12.6 Å². The van der Waals surface area contributed by atoms with Crippen molar-refractivity contribution in [1.82, 2.24) is 0 Å². The molecule has 0 heterocycles. The minimum absolute atomic E-state index is 0.0399. The molecule has 6 atom stereocenters. The molecule has 0 unspecified atom stereocenters. The Morgan fingerprint density at radius 2 is 1.90 bits per heavy atom. The maximum absolute atomic E-state index is 12.4. The third-order valence-corrected chi connectivity index (χ3v) is 8.46. The van der Waals surface area contributed by atoms with E-state index in [1.54, 1.807) is 12.2 Å². The molecular formula is C22H28O7. The monoisotopic (exact) mass is 404 g/mol. The number of carboxylic acids is 1. The zero-order valence-electron chi connectivity index (χ0n) is 16.8. The molecular weight excluding hydrogens is 376 g/mol. The number of carbonyl (C=O) groups excluding carboxylic acids is 2. The molecule has 0 amide bonds. The van der Waals surface area contributed by atoms with Crippen molar-refractivity contribution >= 4 is 17.9 Å². The van der Waals surface area contributed by atoms with Crippen LogP contribution in [0.4, 0.5) is 4.79 Å². The first-order chi connectivity index (χ1) is 13.7. The summed E-state index contributed by atoms with van der Waals surface area (Å²) in [7, 11) is 0. The Morgan fingerprint density at radius 3 is 2.59 bits per heavy atom. The number of aliphatic hydroxyl groups excluding tert-OH is 1. The Morgan fingerprint density at radius 1 is 1.17 bits per heavy atom. The van der Waals surface area contributed by atoms with Gasteiger partial charge in [0, 0.05) is 10.8 Å². The van der Waals surface area contributed by atoms with Gasteiger partial charge in [-0.2, -0.15) is 0 Å². The van der Waals surface area contributed by atoms with Crippen LogP contribution in [0.15, 0.2) is 23.8 Å². The number of fused-ring (bicyclic) bond motifs is 5. The van der Waals surface area contributed by atoms with Gasteiger partial charge in [-0.15, -0.1) is 0 Å². The number of hydrogen-bond acceptors (Lipinski definition) is 6. The third-order valence-electron chi connectivity index (χ3n) is 8.46. The highest BCUT2D eigenvalue weighted by Gasteiger charge is 2.69. The van der Waals surface area contributed by atoms with E-state index in [1.807, 2.05) is 13.0 Å². The maximum atomic E-state index is 12.4. The number of hydrogen-bond donors (Lipinski definition) is 2. The molecule has 0 saturated heterocycles. The van der Waals surface area contributed by atoms with Gasteiger partial charge in [0.1, 0.15) is 0 Å². The number of ether oxygens (including phenoxy) is 2. The van der Waals surface area contributed by atoms with Crippen LogP contribution in [0.1, 0.15) is 52.4 Å². The van der Waals surface area contributed by atoms with E-state index >= 15 is 0 Å². The summed E-state index contributed by atoms with van der Waals surface area (Å²) in [5, 5.41) is 18.9. The van der Waals surface area contributed by atoms with Crippen molar-refractivity contribution in [3.8, 4) is 0 Å². The molecule has 158 valence electrons. The topological polar surface area (TPSA) is 110 Å². The van der Waals surface area contributed by atoms with Crippen LogP contribution in [0.5, 0.6) is 0 Å². The molecule has 7 nitrogen and oxygen atoms in total. The first-order valence-corrected chi connectivity index (χ1v) is 10.3. The van der Waals surface area contributed by atoms with Crippen molar-refractivity contribution in [3.63, 3.8) is 0 Å². The molecule has 4 aliphatic rings. The molecule has 2 N–H and O–H groups in total. The lowest BCUT2D eigenvalue weighted by Gasteiger charge is -2.57. The zero-order chi connectivity index (χ0) is 21.0. The Hall–Kier alpha value is -2.15. The molecule has 0 aromatic carbocycles. The summed E-state index contributed by atoms with van der Waals surface area (Å²) in [6.45, 7) is 3.27. The van der Waals surface area contributed by atoms with Crippen molar-refractivity contribution in [2.45, 2.75) is 58.0 Å². The van der Waals surface area contributed by atoms with Crippen molar-refractivity contribution in [1.29, 1.82) is 0 Å². The SMILES string of the molecule is C[C@]12C=CC(=O)C=C1CC[C@@H]1[C@@H]2CC[C@@]2(C)[C@H]1CC[C@]2(OC(=O)OCO)C(=O)O. The van der Waals surface area contributed by atoms with Gasteiger partial charge in [0.25, 0.3) is 0 Å². The van der Waals surface area contributed by atoms with Crippen molar-refractivity contribution in [2.24, 2.45) is 28.6 Å². The molecule has 0 spiro atoms. The van der Waals surface area contributed by atoms with Crippen LogP contribution in [-0.2, 0) is 19.1 Å². The quantitative estimate of drug-likeness (QED) is 0.549. The van der Waals surface area contributed by atoms with E-state index in [2.05, 4.69) is 11.7 Å². The summed E-state index contributed by atoms with van der Waals surface area (Å²) >= 11 is 0. The fourth-order valence-electron chi connectivity index (χ4n) is 6.98. The summed E-state index contributed by atoms with van der Waals surface area (Å²) in [4.78, 5) is 36.2. The molecule has 7 heteroatoms. The summed E-state index contributed by atoms with van der Waals surface area (Å²) < 4.78 is 9.90. The second-order valence-corrected chi connectivity index (χ2v) is 9.36. The van der Waals surface area contributed by atoms with Crippen molar-refractivity contribution < 1.29 is 34.1 Å². The van der Waals surface area contributed by atoms with Crippen molar-refractivity contribution in [2.75, 3.05) is 6.79 Å². The largest absolute Gasteiger partial charge is 0.511 e. The Balaban J connectivity index is 1.67. The zero-order valence-corrected chi connectivity index (χ0v) is 16.8. The highest BCUT2D eigenvalue weighted by Crippen LogP contribution is 2.67. The third kappa shape index (κ3) is 2.70. The predicted octanol–water partition coefficient (Wildman–Crippen LogP) is 3.22. The second-order valence-electron chi connectivity index (χ2n) is 9.36. The summed E-state index contributed by atoms with van der Waals surface area (Å²) in [6.07, 6.45) is 8.37. The molecule has 0 aliphatic heterocycles. The van der Waals surface area contributed by atoms with Gasteiger partial charge in [-0.1, -0.05) is 25.5 Å². The van der Waals surface area contributed by atoms with Crippen LogP contribution in [0.3, 0.4) is 0 Å². The van der Waals surface area contributed by atoms with Crippen LogP contribution in [0.25, 0.3) is 0 Å². The molecule has 0 radical (unpaired) electrons. The number of ketones is 1. The number of carboxylic acid groups (broad SMARTS) is 1. The smallest absolute Gasteiger partial charge is 0.478 e. The van der Waals surface area contributed by atoms with E-state index in [9.17, 15) is 19.5 Å². The van der Waals surface area contributed by atoms with Crippen LogP contribution in [0, 0.1) is 28.6 Å². The lowest BCUT2D eigenvalue weighted by Crippen LogP contribution is -2.59. The minimum atomic E-state index is -1.65. The van der Waals surface area contributed by atoms with E-state index in [-0.39, 0.29) is 23.5 Å². The van der Waals surface area contributed by atoms with Gasteiger partial charge in [-0.25, -0.2) is 9.59 Å². The molecule has 4 aliphatic carbocycles. The fraction of sp³-hybridized carbons (Fsp3) is 0.682. The Kier molecular flexibility index (Phi) is 4.64. The molecule has 3 fully saturated rings. The summed E-state index contributed by atoms with van der Waals surface area (Å²) in [5.74, 6) is -0.380. The number of aliphatic carboxylic acids is 1. The number of allylic oxidation sites excluding steroid dienone is 4. The lowest BCUT2D eigenvalue weighted by atomic mass is 9.47. The lowest BCUT2D eigenvalue weighted by molar-refractivity contribution is -0.187. The van der Waals surface area contributed by atoms with E-state index in [0.717, 1.165) is 19.3 Å². The summed E-state index contributed by atoms with van der Waals surface area (Å²) in [5.41, 5.74) is -1.35. The van der Waals surface area contributed by atoms with Crippen LogP contribution in [0.2, 0.25) is 0 Å². The Bertz CT molecular complexity index is 814. The van der Waals surface area contributed by atoms with Gasteiger partial charge in [-0.3, -0.25) is 4.79 Å². The fourth-order valence-corrected chi connectivity index (χ4v) is 6.98. The molecule has 0 bridgehead atoms. The van der Waals surface area contributed by atoms with Crippen LogP contribution < -0.4 is 0 Å². The molecule has 0 aromatic heterocycles. The van der Waals surface area contributed by atoms with Crippen LogP contribution in [-0.4, -0.2) is 40.5 Å². The van der Waals surface area contributed by atoms with Crippen molar-refractivity contribution in [3.05, 3.63) is 23.8 Å². The van der Waals surface area contributed by atoms with Crippen LogP contribution >= 0.6 is 0 Å². The number of aliphatic hydroxyl groups is 1. The Labute approximate surface area is 169 Å². The van der Waals surface area contributed by atoms with E-state index in [4.69, 9.17) is 9.84 Å². The number of carbonyl (C=O) groups is 3. The number of rotatable bonds is 3. The molecule has 29 heavy (non-hydrogen) atoms. The average molecular weight is 404 g/mol. The second kappa shape index (κ2) is 6.69. The molecule has 4 rings (SSSR count). The van der Waals surface area contributed by atoms with Gasteiger partial charge < -0.3 is 19.7 Å². The molecule has 0 aromatic rings. The van der Waals surface area contributed by atoms with Gasteiger partial charge in [0.05, 0.1) is 0 Å². The maximum Gasteiger partial charge on any atom is 0.511 e. The highest BCUT2D eigenvalue weighted by molar-refractivity contribution is 6.01. The summed E-state index contributed by atoms with van der Waals surface area (Å²) in [6, 6.07) is 0. The van der Waals surface area contributed by atoms with Gasteiger partial charge in [-0.05, 0) is 68.4 Å².